The SMILES string of the molecule is O=C(c1c(Sc2c(Cl)cccc2Cl)cc(C(F)(F)F)[nH]c1=O)N1Cc2ccc(-n3c(=O)[nH]c4ccncc43)cc2C1. The molecule has 1 amide bonds. The van der Waals surface area contributed by atoms with Crippen LogP contribution in [0, 0.1) is 0 Å². The highest BCUT2D eigenvalue weighted by atomic mass is 35.5. The number of benzene rings is 2. The molecule has 6 rings (SSSR count). The topological polar surface area (TPSA) is 104 Å². The van der Waals surface area contributed by atoms with Crippen molar-refractivity contribution >= 4 is 51.9 Å². The first kappa shape index (κ1) is 27.2. The van der Waals surface area contributed by atoms with E-state index in [1.807, 2.05) is 0 Å². The summed E-state index contributed by atoms with van der Waals surface area (Å²) in [6, 6.07) is 12.2. The maximum Gasteiger partial charge on any atom is 0.431 e. The molecule has 0 aliphatic carbocycles. The minimum absolute atomic E-state index is 0.0643. The maximum absolute atomic E-state index is 13.7. The van der Waals surface area contributed by atoms with Crippen LogP contribution in [0.5, 0.6) is 0 Å². The van der Waals surface area contributed by atoms with Crippen LogP contribution in [0.15, 0.2) is 80.3 Å². The van der Waals surface area contributed by atoms with Crippen LogP contribution >= 0.6 is 35.0 Å². The van der Waals surface area contributed by atoms with E-state index in [4.69, 9.17) is 23.2 Å². The van der Waals surface area contributed by atoms with Crippen LogP contribution in [-0.2, 0) is 19.3 Å². The van der Waals surface area contributed by atoms with E-state index in [9.17, 15) is 27.6 Å². The molecule has 5 aromatic rings. The van der Waals surface area contributed by atoms with Gasteiger partial charge in [-0.25, -0.2) is 4.79 Å². The molecule has 3 aromatic heterocycles. The minimum atomic E-state index is -4.86. The summed E-state index contributed by atoms with van der Waals surface area (Å²) in [5.74, 6) is -0.767. The molecule has 8 nitrogen and oxygen atoms in total. The van der Waals surface area contributed by atoms with Crippen LogP contribution in [-0.4, -0.2) is 30.3 Å². The quantitative estimate of drug-likeness (QED) is 0.256. The van der Waals surface area contributed by atoms with E-state index in [0.717, 1.165) is 5.56 Å². The zero-order chi connectivity index (χ0) is 29.1. The van der Waals surface area contributed by atoms with Crippen molar-refractivity contribution in [2.45, 2.75) is 29.1 Å². The highest BCUT2D eigenvalue weighted by Gasteiger charge is 2.36. The van der Waals surface area contributed by atoms with E-state index < -0.39 is 28.9 Å². The molecular weight excluding hydrogens is 602 g/mol. The van der Waals surface area contributed by atoms with Gasteiger partial charge in [-0.15, -0.1) is 0 Å². The van der Waals surface area contributed by atoms with Gasteiger partial charge >= 0.3 is 11.9 Å². The molecule has 4 heterocycles. The number of pyridine rings is 2. The van der Waals surface area contributed by atoms with E-state index in [1.165, 1.54) is 21.6 Å². The molecule has 208 valence electrons. The summed E-state index contributed by atoms with van der Waals surface area (Å²) in [5.41, 5.74) is -0.137. The largest absolute Gasteiger partial charge is 0.431 e. The molecular formula is C27H16Cl2F3N5O3S. The Bertz CT molecular complexity index is 1970. The van der Waals surface area contributed by atoms with E-state index in [-0.39, 0.29) is 38.6 Å². The Morgan fingerprint density at radius 2 is 1.71 bits per heavy atom. The number of hydrogen-bond acceptors (Lipinski definition) is 5. The molecule has 0 radical (unpaired) electrons. The lowest BCUT2D eigenvalue weighted by Crippen LogP contribution is -2.32. The minimum Gasteiger partial charge on any atom is -0.330 e. The van der Waals surface area contributed by atoms with Crippen LogP contribution in [0.2, 0.25) is 10.0 Å². The van der Waals surface area contributed by atoms with Gasteiger partial charge in [0.25, 0.3) is 11.5 Å². The molecule has 41 heavy (non-hydrogen) atoms. The third-order valence-corrected chi connectivity index (χ3v) is 8.63. The Hall–Kier alpha value is -4.00. The number of carbonyl (C=O) groups excluding carboxylic acids is 1. The van der Waals surface area contributed by atoms with Gasteiger partial charge in [0.15, 0.2) is 0 Å². The number of aromatic nitrogens is 4. The van der Waals surface area contributed by atoms with Gasteiger partial charge in [0.2, 0.25) is 0 Å². The third kappa shape index (κ3) is 4.92. The van der Waals surface area contributed by atoms with Crippen molar-refractivity contribution < 1.29 is 18.0 Å². The number of nitrogens with zero attached hydrogens (tertiary/aromatic N) is 3. The van der Waals surface area contributed by atoms with Gasteiger partial charge in [-0.3, -0.25) is 19.1 Å². The van der Waals surface area contributed by atoms with Gasteiger partial charge in [0.1, 0.15) is 11.3 Å². The molecule has 0 saturated carbocycles. The van der Waals surface area contributed by atoms with Gasteiger partial charge in [0.05, 0.1) is 33.0 Å². The first-order valence-electron chi connectivity index (χ1n) is 11.9. The number of hydrogen-bond donors (Lipinski definition) is 2. The molecule has 0 spiro atoms. The van der Waals surface area contributed by atoms with Crippen LogP contribution in [0.3, 0.4) is 0 Å². The molecule has 0 bridgehead atoms. The third-order valence-electron chi connectivity index (χ3n) is 6.59. The number of alkyl halides is 3. The lowest BCUT2D eigenvalue weighted by Gasteiger charge is -2.18. The predicted octanol–water partition coefficient (Wildman–Crippen LogP) is 6.03. The molecule has 0 atom stereocenters. The molecule has 0 fully saturated rings. The van der Waals surface area contributed by atoms with Gasteiger partial charge in [-0.05, 0) is 47.5 Å². The number of halogens is 5. The Labute approximate surface area is 242 Å². The number of imidazole rings is 1. The molecule has 2 aromatic carbocycles. The monoisotopic (exact) mass is 617 g/mol. The first-order chi connectivity index (χ1) is 19.5. The molecule has 0 saturated heterocycles. The van der Waals surface area contributed by atoms with E-state index in [0.29, 0.717) is 40.1 Å². The summed E-state index contributed by atoms with van der Waals surface area (Å²) in [6.07, 6.45) is -1.75. The Morgan fingerprint density at radius 1 is 0.976 bits per heavy atom. The fraction of sp³-hybridized carbons (Fsp3) is 0.111. The number of aromatic amines is 2. The smallest absolute Gasteiger partial charge is 0.330 e. The zero-order valence-electron chi connectivity index (χ0n) is 20.6. The van der Waals surface area contributed by atoms with Crippen molar-refractivity contribution in [2.24, 2.45) is 0 Å². The van der Waals surface area contributed by atoms with Crippen LogP contribution in [0.25, 0.3) is 16.7 Å². The number of carbonyl (C=O) groups is 1. The summed E-state index contributed by atoms with van der Waals surface area (Å²) >= 11 is 13.2. The molecule has 0 unspecified atom stereocenters. The number of H-pyrrole nitrogens is 2. The average Bonchev–Trinajstić information content (AvgIpc) is 3.49. The van der Waals surface area contributed by atoms with Gasteiger partial charge < -0.3 is 14.9 Å². The van der Waals surface area contributed by atoms with Crippen molar-refractivity contribution in [3.8, 4) is 5.69 Å². The highest BCUT2D eigenvalue weighted by Crippen LogP contribution is 2.41. The summed E-state index contributed by atoms with van der Waals surface area (Å²) < 4.78 is 42.2. The number of nitrogens with one attached hydrogen (secondary N) is 2. The average molecular weight is 618 g/mol. The summed E-state index contributed by atoms with van der Waals surface area (Å²) in [5, 5.41) is 0.303. The Balaban J connectivity index is 1.37. The van der Waals surface area contributed by atoms with Gasteiger partial charge in [0, 0.05) is 29.1 Å². The predicted molar refractivity (Wildman–Crippen MR) is 148 cm³/mol. The molecule has 2 N–H and O–H groups in total. The fourth-order valence-corrected chi connectivity index (χ4v) is 6.33. The van der Waals surface area contributed by atoms with Crippen molar-refractivity contribution in [1.29, 1.82) is 0 Å². The first-order valence-corrected chi connectivity index (χ1v) is 13.5. The Kier molecular flexibility index (Phi) is 6.71. The number of fused-ring (bicyclic) bond motifs is 2. The second-order valence-corrected chi connectivity index (χ2v) is 11.0. The lowest BCUT2D eigenvalue weighted by molar-refractivity contribution is -0.141. The highest BCUT2D eigenvalue weighted by molar-refractivity contribution is 7.99. The molecule has 1 aliphatic rings. The second-order valence-electron chi connectivity index (χ2n) is 9.17. The normalized spacial score (nSPS) is 13.1. The lowest BCUT2D eigenvalue weighted by atomic mass is 10.1. The molecule has 14 heteroatoms. The van der Waals surface area contributed by atoms with Gasteiger partial charge in [-0.2, -0.15) is 13.2 Å². The van der Waals surface area contributed by atoms with Crippen molar-refractivity contribution in [1.82, 2.24) is 24.4 Å². The van der Waals surface area contributed by atoms with Crippen LogP contribution in [0.1, 0.15) is 27.2 Å². The van der Waals surface area contributed by atoms with Gasteiger partial charge in [-0.1, -0.05) is 47.1 Å². The Morgan fingerprint density at radius 3 is 2.44 bits per heavy atom. The summed E-state index contributed by atoms with van der Waals surface area (Å²) in [6.45, 7) is 0.172. The zero-order valence-corrected chi connectivity index (χ0v) is 22.9. The van der Waals surface area contributed by atoms with Crippen LogP contribution < -0.4 is 11.2 Å². The number of amides is 1. The van der Waals surface area contributed by atoms with Crippen LogP contribution in [0.4, 0.5) is 13.2 Å². The van der Waals surface area contributed by atoms with Crippen molar-refractivity contribution in [3.05, 3.63) is 114 Å². The standard InChI is InChI=1S/C27H16Cl2F3N5O3S/c28-16-2-1-3-17(29)23(16)41-20-9-21(27(30,31)32)35-24(38)22(20)25(39)36-11-13-4-5-15(8-14(13)12-36)37-19-10-33-7-6-18(19)34-26(37)40/h1-10H,11-12H2,(H,34,40)(H,35,38). The fourth-order valence-electron chi connectivity index (χ4n) is 4.69. The van der Waals surface area contributed by atoms with E-state index in [1.54, 1.807) is 47.7 Å². The van der Waals surface area contributed by atoms with Crippen molar-refractivity contribution in [2.75, 3.05) is 0 Å². The second kappa shape index (κ2) is 10.1. The summed E-state index contributed by atoms with van der Waals surface area (Å²) in [4.78, 5) is 49.3. The summed E-state index contributed by atoms with van der Waals surface area (Å²) in [7, 11) is 0. The number of rotatable bonds is 4. The molecule has 1 aliphatic heterocycles. The van der Waals surface area contributed by atoms with Crippen molar-refractivity contribution in [3.63, 3.8) is 0 Å². The van der Waals surface area contributed by atoms with E-state index in [2.05, 4.69) is 9.97 Å². The maximum atomic E-state index is 13.7. The van der Waals surface area contributed by atoms with E-state index >= 15 is 0 Å².